The summed E-state index contributed by atoms with van der Waals surface area (Å²) in [4.78, 5) is 46.2. The summed E-state index contributed by atoms with van der Waals surface area (Å²) in [6.45, 7) is 14.7. The summed E-state index contributed by atoms with van der Waals surface area (Å²) >= 11 is 12.2. The van der Waals surface area contributed by atoms with Crippen molar-refractivity contribution in [2.24, 2.45) is 0 Å². The van der Waals surface area contributed by atoms with E-state index >= 15 is 0 Å². The summed E-state index contributed by atoms with van der Waals surface area (Å²) in [5.74, 6) is 1.45. The Hall–Kier alpha value is -9.57. The zero-order chi connectivity index (χ0) is 68.0. The number of aryl methyl sites for hydroxylation is 1. The van der Waals surface area contributed by atoms with Crippen molar-refractivity contribution < 1.29 is 22.6 Å². The minimum atomic E-state index is -4.48. The van der Waals surface area contributed by atoms with Gasteiger partial charge in [-0.3, -0.25) is 42.1 Å². The summed E-state index contributed by atoms with van der Waals surface area (Å²) in [6, 6.07) is 42.5. The number of pyridine rings is 3. The summed E-state index contributed by atoms with van der Waals surface area (Å²) in [6.07, 6.45) is 14.0. The molecular weight excluding hydrogens is 1290 g/mol. The molecule has 6 aromatic heterocycles. The normalized spacial score (nSPS) is 14.5. The van der Waals surface area contributed by atoms with Crippen molar-refractivity contribution in [3.05, 3.63) is 235 Å². The summed E-state index contributed by atoms with van der Waals surface area (Å²) in [7, 11) is 3.25. The topological polar surface area (TPSA) is 148 Å². The molecule has 3 aliphatic rings. The minimum Gasteiger partial charge on any atom is -0.497 e. The number of fused-ring (bicyclic) bond motifs is 3. The van der Waals surface area contributed by atoms with Gasteiger partial charge in [0, 0.05) is 111 Å². The lowest BCUT2D eigenvalue weighted by molar-refractivity contribution is -0.137. The Morgan fingerprint density at radius 3 is 1.20 bits per heavy atom. The van der Waals surface area contributed by atoms with Gasteiger partial charge in [-0.05, 0) is 228 Å². The second-order valence-electron chi connectivity index (χ2n) is 25.1. The van der Waals surface area contributed by atoms with Gasteiger partial charge >= 0.3 is 6.18 Å². The molecule has 504 valence electrons. The third-order valence-electron chi connectivity index (χ3n) is 18.8. The quantitative estimate of drug-likeness (QED) is 0.0858. The fraction of sp³-hybridized carbons (Fsp3) is 0.289. The van der Waals surface area contributed by atoms with Gasteiger partial charge in [0.25, 0.3) is 16.7 Å². The first-order valence-corrected chi connectivity index (χ1v) is 33.9. The molecule has 98 heavy (non-hydrogen) atoms. The van der Waals surface area contributed by atoms with Crippen LogP contribution in [0.5, 0.6) is 11.5 Å². The number of alkyl halides is 3. The molecule has 0 saturated carbocycles. The number of halogens is 5. The van der Waals surface area contributed by atoms with Crippen LogP contribution in [0.25, 0.3) is 83.2 Å². The predicted octanol–water partition coefficient (Wildman–Crippen LogP) is 14.5. The molecule has 0 unspecified atom stereocenters. The number of rotatable bonds is 17. The van der Waals surface area contributed by atoms with Crippen LogP contribution in [0, 0.1) is 6.92 Å². The Morgan fingerprint density at radius 1 is 0.429 bits per heavy atom. The van der Waals surface area contributed by atoms with Gasteiger partial charge in [-0.25, -0.2) is 0 Å². The molecule has 0 N–H and O–H groups in total. The smallest absolute Gasteiger partial charge is 0.416 e. The summed E-state index contributed by atoms with van der Waals surface area (Å²) in [5.41, 5.74) is 9.68. The molecule has 15 rings (SSSR count). The highest BCUT2D eigenvalue weighted by atomic mass is 35.5. The molecule has 0 amide bonds. The van der Waals surface area contributed by atoms with Crippen molar-refractivity contribution in [1.29, 1.82) is 0 Å². The van der Waals surface area contributed by atoms with Crippen LogP contribution in [-0.2, 0) is 25.8 Å². The molecule has 22 heteroatoms. The van der Waals surface area contributed by atoms with E-state index in [1.54, 1.807) is 72.3 Å². The Bertz CT molecular complexity index is 5040. The van der Waals surface area contributed by atoms with Crippen molar-refractivity contribution in [2.75, 3.05) is 73.1 Å². The van der Waals surface area contributed by atoms with Crippen molar-refractivity contribution in [3.63, 3.8) is 0 Å². The monoisotopic (exact) mass is 1360 g/mol. The second kappa shape index (κ2) is 29.6. The van der Waals surface area contributed by atoms with Crippen LogP contribution in [-0.4, -0.2) is 131 Å². The first-order valence-electron chi connectivity index (χ1n) is 33.1. The number of aromatic nitrogens is 9. The first-order chi connectivity index (χ1) is 47.5. The number of methoxy groups -OCH3 is 2. The van der Waals surface area contributed by atoms with Crippen LogP contribution in [0.1, 0.15) is 49.7 Å². The molecule has 9 heterocycles. The molecule has 0 atom stereocenters. The average molecular weight is 1360 g/mol. The fourth-order valence-electron chi connectivity index (χ4n) is 13.4. The number of nitrogens with zero attached hydrogens (tertiary/aromatic N) is 12. The summed E-state index contributed by atoms with van der Waals surface area (Å²) < 4.78 is 60.4. The van der Waals surface area contributed by atoms with Crippen LogP contribution in [0.4, 0.5) is 13.2 Å². The van der Waals surface area contributed by atoms with E-state index in [1.807, 2.05) is 115 Å². The van der Waals surface area contributed by atoms with Crippen molar-refractivity contribution >= 4 is 55.9 Å². The third-order valence-corrected chi connectivity index (χ3v) is 19.3. The molecule has 17 nitrogen and oxygen atoms in total. The van der Waals surface area contributed by atoms with Crippen LogP contribution >= 0.6 is 23.2 Å². The highest BCUT2D eigenvalue weighted by Gasteiger charge is 2.31. The van der Waals surface area contributed by atoms with Gasteiger partial charge in [-0.15, -0.1) is 0 Å². The zero-order valence-electron chi connectivity index (χ0n) is 54.8. The number of ether oxygens (including phenoxy) is 2. The van der Waals surface area contributed by atoms with Crippen LogP contribution in [0.15, 0.2) is 197 Å². The maximum atomic E-state index is 13.0. The molecule has 12 aromatic rings. The predicted molar refractivity (Wildman–Crippen MR) is 382 cm³/mol. The molecule has 0 spiro atoms. The van der Waals surface area contributed by atoms with Crippen LogP contribution < -0.4 is 26.2 Å². The van der Waals surface area contributed by atoms with Crippen LogP contribution in [0.3, 0.4) is 0 Å². The van der Waals surface area contributed by atoms with E-state index in [4.69, 9.17) is 32.7 Å². The number of benzene rings is 6. The lowest BCUT2D eigenvalue weighted by atomic mass is 10.0. The highest BCUT2D eigenvalue weighted by Crippen LogP contribution is 2.37. The van der Waals surface area contributed by atoms with E-state index in [0.717, 1.165) is 142 Å². The van der Waals surface area contributed by atoms with E-state index in [0.29, 0.717) is 27.6 Å². The van der Waals surface area contributed by atoms with Gasteiger partial charge in [-0.2, -0.15) is 28.5 Å². The van der Waals surface area contributed by atoms with Gasteiger partial charge in [0.15, 0.2) is 0 Å². The SMILES string of the molecule is COc1cc(Cl)ccc1-c1ccn(-c2ccc3c(cnn3CCN3CCCC3)c2)c(=O)c1.COc1ccc(-c2ccn(-c3ccc4c(cnn4CCN4CCCC4)c3)c(=O)c2)c(C)c1.O=c1cc(-c2ccc(C(F)(F)F)cc2Cl)ccn1-c1ccc2c(cnn2CCN2CCCC2)c1. The molecule has 3 saturated heterocycles. The maximum Gasteiger partial charge on any atom is 0.416 e. The van der Waals surface area contributed by atoms with Gasteiger partial charge in [0.2, 0.25) is 0 Å². The molecule has 0 bridgehead atoms. The molecule has 6 aromatic carbocycles. The summed E-state index contributed by atoms with van der Waals surface area (Å²) in [5, 5.41) is 17.2. The number of hydrogen-bond donors (Lipinski definition) is 0. The Morgan fingerprint density at radius 2 is 0.827 bits per heavy atom. The second-order valence-corrected chi connectivity index (χ2v) is 25.9. The van der Waals surface area contributed by atoms with E-state index in [1.165, 1.54) is 81.4 Å². The minimum absolute atomic E-state index is 0.0570. The Labute approximate surface area is 574 Å². The maximum absolute atomic E-state index is 13.0. The van der Waals surface area contributed by atoms with Gasteiger partial charge < -0.3 is 24.2 Å². The standard InChI is InChI=1S/C26H28N4O2.C25H22ClF3N4O.C25H25ClN4O2/c1-19-15-23(32-2)6-7-24(19)20-9-12-29(26(31)17-20)22-5-8-25-21(16-22)18-27-30(25)14-13-28-10-3-4-11-28;26-22-15-19(25(27,28)29)3-5-21(22)17-7-10-32(24(34)14-17)20-4-6-23-18(13-20)16-30-33(23)12-11-31-8-1-2-9-31;1-32-24-16-20(26)4-6-22(24)18-8-11-29(25(31)15-18)21-5-7-23-19(14-21)17-27-30(23)13-12-28-9-2-3-10-28/h5-9,12,15-18H,3-4,10-11,13-14H2,1-2H3;3-7,10,13-16H,1-2,8-9,11-12H2;4-8,11,14-17H,2-3,9-10,12-13H2,1H3. The highest BCUT2D eigenvalue weighted by molar-refractivity contribution is 6.33. The van der Waals surface area contributed by atoms with Crippen molar-refractivity contribution in [2.45, 2.75) is 71.3 Å². The number of hydrogen-bond acceptors (Lipinski definition) is 11. The zero-order valence-corrected chi connectivity index (χ0v) is 56.4. The van der Waals surface area contributed by atoms with E-state index in [2.05, 4.69) is 45.4 Å². The molecule has 0 radical (unpaired) electrons. The van der Waals surface area contributed by atoms with Crippen LogP contribution in [0.2, 0.25) is 10.0 Å². The lowest BCUT2D eigenvalue weighted by Crippen LogP contribution is -2.24. The first kappa shape index (κ1) is 67.0. The largest absolute Gasteiger partial charge is 0.497 e. The average Bonchev–Trinajstić information content (AvgIpc) is 1.38. The van der Waals surface area contributed by atoms with Crippen molar-refractivity contribution in [3.8, 4) is 61.9 Å². The Kier molecular flexibility index (Phi) is 20.3. The Balaban J connectivity index is 0.000000132. The molecule has 3 fully saturated rings. The van der Waals surface area contributed by atoms with Gasteiger partial charge in [0.05, 0.1) is 74.6 Å². The van der Waals surface area contributed by atoms with E-state index < -0.39 is 11.7 Å². The third kappa shape index (κ3) is 15.1. The lowest BCUT2D eigenvalue weighted by Gasteiger charge is -2.14. The molecule has 0 aliphatic carbocycles. The van der Waals surface area contributed by atoms with Gasteiger partial charge in [0.1, 0.15) is 11.5 Å². The molecule has 3 aliphatic heterocycles. The molecular formula is C76H75Cl2F3N12O5. The van der Waals surface area contributed by atoms with E-state index in [9.17, 15) is 27.6 Å². The number of likely N-dealkylation sites (tertiary alicyclic amines) is 3. The van der Waals surface area contributed by atoms with Crippen molar-refractivity contribution in [1.82, 2.24) is 57.7 Å². The van der Waals surface area contributed by atoms with E-state index in [-0.39, 0.29) is 21.7 Å². The fourth-order valence-corrected chi connectivity index (χ4v) is 13.9. The van der Waals surface area contributed by atoms with Gasteiger partial charge in [-0.1, -0.05) is 35.3 Å².